The van der Waals surface area contributed by atoms with Crippen molar-refractivity contribution < 1.29 is 36.3 Å². The third-order valence-electron chi connectivity index (χ3n) is 5.02. The second-order valence-electron chi connectivity index (χ2n) is 7.38. The van der Waals surface area contributed by atoms with Crippen LogP contribution in [0.1, 0.15) is 40.5 Å². The summed E-state index contributed by atoms with van der Waals surface area (Å²) in [5.41, 5.74) is 5.92. The minimum atomic E-state index is -4.92. The number of alkyl halides is 3. The van der Waals surface area contributed by atoms with Gasteiger partial charge in [0.25, 0.3) is 5.91 Å². The lowest BCUT2D eigenvalue weighted by atomic mass is 9.97. The molecule has 178 valence electrons. The Hall–Kier alpha value is -3.95. The standard InChI is InChI=1S/C24H19F5N2O3/c1-14(17-11-18(25)13-19(26)12-17)31(21(22(30)32)15-5-3-2-4-6-15)23(33)16-7-9-20(10-8-16)34-24(27,28)29/h2-14,21H,1H3,(H2,30,32)/t14-,21-/m1/s1. The lowest BCUT2D eigenvalue weighted by molar-refractivity contribution is -0.274. The molecule has 5 nitrogen and oxygen atoms in total. The molecule has 2 atom stereocenters. The van der Waals surface area contributed by atoms with Crippen molar-refractivity contribution in [2.24, 2.45) is 5.73 Å². The summed E-state index contributed by atoms with van der Waals surface area (Å²) in [6, 6.07) is 12.3. The van der Waals surface area contributed by atoms with Gasteiger partial charge >= 0.3 is 6.36 Å². The molecule has 0 aromatic heterocycles. The summed E-state index contributed by atoms with van der Waals surface area (Å²) < 4.78 is 69.0. The fourth-order valence-corrected chi connectivity index (χ4v) is 3.54. The molecule has 34 heavy (non-hydrogen) atoms. The average molecular weight is 478 g/mol. The molecule has 0 spiro atoms. The number of amides is 2. The highest BCUT2D eigenvalue weighted by Gasteiger charge is 2.35. The highest BCUT2D eigenvalue weighted by Crippen LogP contribution is 2.33. The number of carbonyl (C=O) groups excluding carboxylic acids is 2. The Morgan fingerprint density at radius 3 is 1.94 bits per heavy atom. The van der Waals surface area contributed by atoms with Gasteiger partial charge < -0.3 is 15.4 Å². The smallest absolute Gasteiger partial charge is 0.406 e. The summed E-state index contributed by atoms with van der Waals surface area (Å²) in [7, 11) is 0. The van der Waals surface area contributed by atoms with Gasteiger partial charge in [0.15, 0.2) is 0 Å². The first-order chi connectivity index (χ1) is 16.0. The van der Waals surface area contributed by atoms with Gasteiger partial charge in [-0.25, -0.2) is 8.78 Å². The van der Waals surface area contributed by atoms with E-state index in [2.05, 4.69) is 4.74 Å². The SMILES string of the molecule is C[C@H](c1cc(F)cc(F)c1)N(C(=O)c1ccc(OC(F)(F)F)cc1)[C@@H](C(N)=O)c1ccccc1. The molecule has 0 aliphatic heterocycles. The summed E-state index contributed by atoms with van der Waals surface area (Å²) in [5.74, 6) is -4.05. The predicted molar refractivity (Wildman–Crippen MR) is 112 cm³/mol. The van der Waals surface area contributed by atoms with E-state index in [1.54, 1.807) is 30.3 Å². The number of hydrogen-bond acceptors (Lipinski definition) is 3. The Balaban J connectivity index is 2.08. The molecule has 2 N–H and O–H groups in total. The molecule has 0 saturated heterocycles. The second-order valence-corrected chi connectivity index (χ2v) is 7.38. The maximum absolute atomic E-state index is 13.9. The average Bonchev–Trinajstić information content (AvgIpc) is 2.75. The molecule has 0 heterocycles. The summed E-state index contributed by atoms with van der Waals surface area (Å²) in [6.45, 7) is 1.45. The van der Waals surface area contributed by atoms with Crippen molar-refractivity contribution in [3.63, 3.8) is 0 Å². The first-order valence-electron chi connectivity index (χ1n) is 9.95. The molecule has 2 amide bonds. The number of nitrogens with zero attached hydrogens (tertiary/aromatic N) is 1. The highest BCUT2D eigenvalue weighted by atomic mass is 19.4. The predicted octanol–water partition coefficient (Wildman–Crippen LogP) is 5.29. The Kier molecular flexibility index (Phi) is 7.19. The molecular weight excluding hydrogens is 459 g/mol. The van der Waals surface area contributed by atoms with Gasteiger partial charge in [-0.05, 0) is 54.4 Å². The summed E-state index contributed by atoms with van der Waals surface area (Å²) in [4.78, 5) is 27.0. The van der Waals surface area contributed by atoms with E-state index in [9.17, 15) is 31.5 Å². The van der Waals surface area contributed by atoms with E-state index < -0.39 is 47.6 Å². The fourth-order valence-electron chi connectivity index (χ4n) is 3.54. The van der Waals surface area contributed by atoms with Crippen LogP contribution in [0.5, 0.6) is 5.75 Å². The zero-order chi connectivity index (χ0) is 25.0. The molecule has 3 aromatic carbocycles. The first kappa shape index (κ1) is 24.7. The Bertz CT molecular complexity index is 1150. The molecule has 0 radical (unpaired) electrons. The van der Waals surface area contributed by atoms with Gasteiger partial charge in [0.1, 0.15) is 23.4 Å². The maximum atomic E-state index is 13.9. The van der Waals surface area contributed by atoms with E-state index in [1.165, 1.54) is 6.92 Å². The third-order valence-corrected chi connectivity index (χ3v) is 5.02. The van der Waals surface area contributed by atoms with Crippen LogP contribution in [0.4, 0.5) is 22.0 Å². The third kappa shape index (κ3) is 5.89. The first-order valence-corrected chi connectivity index (χ1v) is 9.95. The molecule has 0 bridgehead atoms. The van der Waals surface area contributed by atoms with Crippen LogP contribution >= 0.6 is 0 Å². The number of primary amides is 1. The number of hydrogen-bond donors (Lipinski definition) is 1. The van der Waals surface area contributed by atoms with E-state index in [0.29, 0.717) is 11.6 Å². The Labute approximate surface area is 191 Å². The van der Waals surface area contributed by atoms with Crippen molar-refractivity contribution in [2.45, 2.75) is 25.4 Å². The van der Waals surface area contributed by atoms with Gasteiger partial charge in [0.2, 0.25) is 5.91 Å². The minimum Gasteiger partial charge on any atom is -0.406 e. The summed E-state index contributed by atoms with van der Waals surface area (Å²) in [6.07, 6.45) is -4.92. The van der Waals surface area contributed by atoms with Crippen molar-refractivity contribution in [1.82, 2.24) is 4.90 Å². The van der Waals surface area contributed by atoms with E-state index in [4.69, 9.17) is 5.73 Å². The zero-order valence-electron chi connectivity index (χ0n) is 17.7. The zero-order valence-corrected chi connectivity index (χ0v) is 17.7. The number of ether oxygens (including phenoxy) is 1. The van der Waals surface area contributed by atoms with Crippen LogP contribution in [0.15, 0.2) is 72.8 Å². The minimum absolute atomic E-state index is 0.0463. The topological polar surface area (TPSA) is 72.6 Å². The van der Waals surface area contributed by atoms with Gasteiger partial charge in [0, 0.05) is 11.6 Å². The summed E-state index contributed by atoms with van der Waals surface area (Å²) in [5, 5.41) is 0. The van der Waals surface area contributed by atoms with Gasteiger partial charge in [-0.2, -0.15) is 0 Å². The van der Waals surface area contributed by atoms with E-state index >= 15 is 0 Å². The van der Waals surface area contributed by atoms with E-state index in [0.717, 1.165) is 41.3 Å². The van der Waals surface area contributed by atoms with Crippen molar-refractivity contribution in [2.75, 3.05) is 0 Å². The molecule has 0 fully saturated rings. The molecule has 10 heteroatoms. The quantitative estimate of drug-likeness (QED) is 0.469. The molecule has 0 aliphatic carbocycles. The van der Waals surface area contributed by atoms with Crippen LogP contribution in [0, 0.1) is 11.6 Å². The largest absolute Gasteiger partial charge is 0.573 e. The van der Waals surface area contributed by atoms with Gasteiger partial charge in [0.05, 0.1) is 6.04 Å². The fraction of sp³-hybridized carbons (Fsp3) is 0.167. The number of carbonyl (C=O) groups is 2. The van der Waals surface area contributed by atoms with E-state index in [1.807, 2.05) is 0 Å². The number of benzene rings is 3. The van der Waals surface area contributed by atoms with Crippen molar-refractivity contribution in [3.05, 3.63) is 101 Å². The molecule has 3 aromatic rings. The molecule has 3 rings (SSSR count). The van der Waals surface area contributed by atoms with Gasteiger partial charge in [-0.3, -0.25) is 9.59 Å². The van der Waals surface area contributed by atoms with Crippen molar-refractivity contribution in [3.8, 4) is 5.75 Å². The van der Waals surface area contributed by atoms with Crippen LogP contribution in [0.2, 0.25) is 0 Å². The molecule has 0 unspecified atom stereocenters. The Morgan fingerprint density at radius 1 is 0.882 bits per heavy atom. The highest BCUT2D eigenvalue weighted by molar-refractivity contribution is 5.98. The van der Waals surface area contributed by atoms with Crippen LogP contribution < -0.4 is 10.5 Å². The normalized spacial score (nSPS) is 13.1. The number of nitrogens with two attached hydrogens (primary N) is 1. The Morgan fingerprint density at radius 2 is 1.44 bits per heavy atom. The second kappa shape index (κ2) is 9.90. The van der Waals surface area contributed by atoms with Crippen LogP contribution in [0.25, 0.3) is 0 Å². The van der Waals surface area contributed by atoms with Crippen LogP contribution in [-0.4, -0.2) is 23.1 Å². The van der Waals surface area contributed by atoms with Crippen LogP contribution in [-0.2, 0) is 4.79 Å². The van der Waals surface area contributed by atoms with E-state index in [-0.39, 0.29) is 11.1 Å². The number of halogens is 5. The lowest BCUT2D eigenvalue weighted by Gasteiger charge is -2.35. The molecular formula is C24H19F5N2O3. The van der Waals surface area contributed by atoms with Crippen LogP contribution in [0.3, 0.4) is 0 Å². The van der Waals surface area contributed by atoms with Gasteiger partial charge in [-0.1, -0.05) is 30.3 Å². The summed E-state index contributed by atoms with van der Waals surface area (Å²) >= 11 is 0. The molecule has 0 saturated carbocycles. The lowest BCUT2D eigenvalue weighted by Crippen LogP contribution is -2.43. The monoisotopic (exact) mass is 478 g/mol. The van der Waals surface area contributed by atoms with Crippen molar-refractivity contribution in [1.29, 1.82) is 0 Å². The molecule has 0 aliphatic rings. The van der Waals surface area contributed by atoms with Gasteiger partial charge in [-0.15, -0.1) is 13.2 Å². The number of rotatable bonds is 7. The maximum Gasteiger partial charge on any atom is 0.573 e. The van der Waals surface area contributed by atoms with Crippen molar-refractivity contribution >= 4 is 11.8 Å².